The standard InChI is InChI=1S/C21H32BrNO3/c1-14-12-17(8-9-18(14)22)26-15(2)6-7-16-10-11-23(20(24)25)19(13-16)21(3,4)5/h8-9,12,15-16,19H,6-7,10-11,13H2,1-5H3,(H,24,25). The zero-order valence-electron chi connectivity index (χ0n) is 16.6. The number of nitrogens with zero attached hydrogens (tertiary/aromatic N) is 1. The maximum Gasteiger partial charge on any atom is 0.407 e. The summed E-state index contributed by atoms with van der Waals surface area (Å²) in [5.74, 6) is 1.47. The smallest absolute Gasteiger partial charge is 0.407 e. The summed E-state index contributed by atoms with van der Waals surface area (Å²) in [6.07, 6.45) is 3.33. The molecule has 0 saturated carbocycles. The van der Waals surface area contributed by atoms with Crippen LogP contribution in [0.3, 0.4) is 0 Å². The Bertz CT molecular complexity index is 626. The minimum absolute atomic E-state index is 0.0336. The summed E-state index contributed by atoms with van der Waals surface area (Å²) in [4.78, 5) is 13.2. The molecule has 1 aliphatic rings. The molecule has 0 aliphatic carbocycles. The van der Waals surface area contributed by atoms with Gasteiger partial charge in [-0.2, -0.15) is 0 Å². The van der Waals surface area contributed by atoms with Crippen LogP contribution >= 0.6 is 15.9 Å². The quantitative estimate of drug-likeness (QED) is 0.618. The maximum absolute atomic E-state index is 11.5. The number of hydrogen-bond donors (Lipinski definition) is 1. The van der Waals surface area contributed by atoms with Crippen LogP contribution < -0.4 is 4.74 Å². The average Bonchev–Trinajstić information content (AvgIpc) is 2.55. The van der Waals surface area contributed by atoms with Crippen LogP contribution in [0.4, 0.5) is 4.79 Å². The number of ether oxygens (including phenoxy) is 1. The fourth-order valence-electron chi connectivity index (χ4n) is 3.80. The Kier molecular flexibility index (Phi) is 7.00. The van der Waals surface area contributed by atoms with Crippen LogP contribution in [-0.4, -0.2) is 34.8 Å². The first-order chi connectivity index (χ1) is 12.1. The Labute approximate surface area is 166 Å². The van der Waals surface area contributed by atoms with Crippen molar-refractivity contribution in [2.75, 3.05) is 6.54 Å². The lowest BCUT2D eigenvalue weighted by Crippen LogP contribution is -2.51. The van der Waals surface area contributed by atoms with Crippen LogP contribution in [0.25, 0.3) is 0 Å². The first-order valence-corrected chi connectivity index (χ1v) is 10.3. The molecule has 4 nitrogen and oxygen atoms in total. The van der Waals surface area contributed by atoms with Gasteiger partial charge in [0.25, 0.3) is 0 Å². The van der Waals surface area contributed by atoms with E-state index in [1.807, 2.05) is 12.1 Å². The molecule has 0 spiro atoms. The largest absolute Gasteiger partial charge is 0.491 e. The fraction of sp³-hybridized carbons (Fsp3) is 0.667. The van der Waals surface area contributed by atoms with E-state index >= 15 is 0 Å². The third-order valence-corrected chi connectivity index (χ3v) is 6.29. The molecule has 146 valence electrons. The molecule has 0 radical (unpaired) electrons. The van der Waals surface area contributed by atoms with Gasteiger partial charge in [0, 0.05) is 17.1 Å². The van der Waals surface area contributed by atoms with E-state index in [2.05, 4.69) is 56.6 Å². The van der Waals surface area contributed by atoms with Gasteiger partial charge in [0.2, 0.25) is 0 Å². The lowest BCUT2D eigenvalue weighted by atomic mass is 9.76. The highest BCUT2D eigenvalue weighted by molar-refractivity contribution is 9.10. The van der Waals surface area contributed by atoms with Gasteiger partial charge in [0.15, 0.2) is 0 Å². The van der Waals surface area contributed by atoms with Crippen molar-refractivity contribution in [1.82, 2.24) is 4.90 Å². The van der Waals surface area contributed by atoms with Crippen molar-refractivity contribution in [2.24, 2.45) is 11.3 Å². The molecule has 0 bridgehead atoms. The van der Waals surface area contributed by atoms with E-state index in [1.54, 1.807) is 4.90 Å². The third kappa shape index (κ3) is 5.63. The second kappa shape index (κ2) is 8.64. The number of benzene rings is 1. The van der Waals surface area contributed by atoms with Crippen LogP contribution in [-0.2, 0) is 0 Å². The van der Waals surface area contributed by atoms with Crippen LogP contribution in [0.15, 0.2) is 22.7 Å². The normalized spacial score (nSPS) is 22.2. The first-order valence-electron chi connectivity index (χ1n) is 9.50. The van der Waals surface area contributed by atoms with Gasteiger partial charge in [0.1, 0.15) is 5.75 Å². The molecule has 3 atom stereocenters. The number of piperidine rings is 1. The Morgan fingerprint density at radius 2 is 2.12 bits per heavy atom. The van der Waals surface area contributed by atoms with E-state index in [-0.39, 0.29) is 17.6 Å². The molecule has 26 heavy (non-hydrogen) atoms. The van der Waals surface area contributed by atoms with Crippen molar-refractivity contribution >= 4 is 22.0 Å². The van der Waals surface area contributed by atoms with Crippen LogP contribution in [0.5, 0.6) is 5.75 Å². The second-order valence-corrected chi connectivity index (χ2v) is 9.52. The zero-order valence-corrected chi connectivity index (χ0v) is 18.2. The van der Waals surface area contributed by atoms with Gasteiger partial charge >= 0.3 is 6.09 Å². The summed E-state index contributed by atoms with van der Waals surface area (Å²) < 4.78 is 7.16. The minimum atomic E-state index is -0.786. The van der Waals surface area contributed by atoms with Crippen molar-refractivity contribution in [2.45, 2.75) is 72.4 Å². The van der Waals surface area contributed by atoms with E-state index in [1.165, 1.54) is 5.56 Å². The highest BCUT2D eigenvalue weighted by Crippen LogP contribution is 2.36. The molecule has 1 N–H and O–H groups in total. The highest BCUT2D eigenvalue weighted by atomic mass is 79.9. The fourth-order valence-corrected chi connectivity index (χ4v) is 4.05. The second-order valence-electron chi connectivity index (χ2n) is 8.67. The summed E-state index contributed by atoms with van der Waals surface area (Å²) in [6, 6.07) is 6.16. The molecule has 1 fully saturated rings. The molecular formula is C21H32BrNO3. The van der Waals surface area contributed by atoms with E-state index in [0.29, 0.717) is 12.5 Å². The van der Waals surface area contributed by atoms with Crippen molar-refractivity contribution in [3.8, 4) is 5.75 Å². The molecule has 1 aliphatic heterocycles. The van der Waals surface area contributed by atoms with Crippen molar-refractivity contribution in [3.63, 3.8) is 0 Å². The number of rotatable bonds is 5. The Hall–Kier alpha value is -1.23. The topological polar surface area (TPSA) is 49.8 Å². The van der Waals surface area contributed by atoms with E-state index < -0.39 is 6.09 Å². The molecule has 5 heteroatoms. The van der Waals surface area contributed by atoms with E-state index in [9.17, 15) is 9.90 Å². The van der Waals surface area contributed by atoms with Gasteiger partial charge in [-0.25, -0.2) is 4.79 Å². The third-order valence-electron chi connectivity index (χ3n) is 5.40. The number of halogens is 1. The molecule has 1 aromatic carbocycles. The van der Waals surface area contributed by atoms with Gasteiger partial charge in [-0.05, 0) is 74.6 Å². The molecular weight excluding hydrogens is 394 g/mol. The number of carboxylic acid groups (broad SMARTS) is 1. The molecule has 2 rings (SSSR count). The van der Waals surface area contributed by atoms with Gasteiger partial charge in [0.05, 0.1) is 6.10 Å². The lowest BCUT2D eigenvalue weighted by Gasteiger charge is -2.44. The van der Waals surface area contributed by atoms with Gasteiger partial charge in [-0.1, -0.05) is 36.7 Å². The first kappa shape index (κ1) is 21.1. The summed E-state index contributed by atoms with van der Waals surface area (Å²) in [5, 5.41) is 9.48. The van der Waals surface area contributed by atoms with Gasteiger partial charge < -0.3 is 14.7 Å². The number of likely N-dealkylation sites (tertiary alicyclic amines) is 1. The van der Waals surface area contributed by atoms with Crippen LogP contribution in [0.1, 0.15) is 58.9 Å². The summed E-state index contributed by atoms with van der Waals surface area (Å²) in [5.41, 5.74) is 1.14. The molecule has 1 heterocycles. The van der Waals surface area contributed by atoms with Crippen molar-refractivity contribution < 1.29 is 14.6 Å². The van der Waals surface area contributed by atoms with E-state index in [0.717, 1.165) is 35.9 Å². The summed E-state index contributed by atoms with van der Waals surface area (Å²) in [7, 11) is 0. The highest BCUT2D eigenvalue weighted by Gasteiger charge is 2.38. The molecule has 0 aromatic heterocycles. The number of hydrogen-bond acceptors (Lipinski definition) is 2. The molecule has 1 saturated heterocycles. The lowest BCUT2D eigenvalue weighted by molar-refractivity contribution is 0.0365. The average molecular weight is 426 g/mol. The van der Waals surface area contributed by atoms with Gasteiger partial charge in [-0.15, -0.1) is 0 Å². The van der Waals surface area contributed by atoms with Gasteiger partial charge in [-0.3, -0.25) is 0 Å². The van der Waals surface area contributed by atoms with E-state index in [4.69, 9.17) is 4.74 Å². The number of carbonyl (C=O) groups is 1. The SMILES string of the molecule is Cc1cc(OC(C)CCC2CCN(C(=O)O)C(C(C)(C)C)C2)ccc1Br. The predicted octanol–water partition coefficient (Wildman–Crippen LogP) is 6.11. The van der Waals surface area contributed by atoms with Crippen LogP contribution in [0.2, 0.25) is 0 Å². The number of aryl methyl sites for hydroxylation is 1. The molecule has 3 unspecified atom stereocenters. The Balaban J connectivity index is 1.88. The van der Waals surface area contributed by atoms with Crippen molar-refractivity contribution in [1.29, 1.82) is 0 Å². The minimum Gasteiger partial charge on any atom is -0.491 e. The number of amides is 1. The van der Waals surface area contributed by atoms with Crippen LogP contribution in [0, 0.1) is 18.3 Å². The molecule has 1 aromatic rings. The summed E-state index contributed by atoms with van der Waals surface area (Å²) >= 11 is 3.51. The zero-order chi connectivity index (χ0) is 19.5. The Morgan fingerprint density at radius 1 is 1.42 bits per heavy atom. The molecule has 1 amide bonds. The maximum atomic E-state index is 11.5. The van der Waals surface area contributed by atoms with Crippen molar-refractivity contribution in [3.05, 3.63) is 28.2 Å². The Morgan fingerprint density at radius 3 is 2.69 bits per heavy atom. The summed E-state index contributed by atoms with van der Waals surface area (Å²) in [6.45, 7) is 11.2. The monoisotopic (exact) mass is 425 g/mol. The predicted molar refractivity (Wildman–Crippen MR) is 109 cm³/mol.